The topological polar surface area (TPSA) is 53.6 Å². The van der Waals surface area contributed by atoms with Gasteiger partial charge in [-0.05, 0) is 43.5 Å². The first-order valence-electron chi connectivity index (χ1n) is 9.19. The Morgan fingerprint density at radius 3 is 2.32 bits per heavy atom. The van der Waals surface area contributed by atoms with Gasteiger partial charge < -0.3 is 11.1 Å². The van der Waals surface area contributed by atoms with Gasteiger partial charge in [-0.15, -0.1) is 0 Å². The van der Waals surface area contributed by atoms with E-state index in [1.54, 1.807) is 0 Å². The highest BCUT2D eigenvalue weighted by Gasteiger charge is 2.23. The van der Waals surface area contributed by atoms with Crippen molar-refractivity contribution < 1.29 is 0 Å². The monoisotopic (exact) mass is 336 g/mol. The van der Waals surface area contributed by atoms with E-state index in [1.807, 2.05) is 6.07 Å². The third-order valence-corrected chi connectivity index (χ3v) is 4.76. The number of rotatable bonds is 7. The van der Waals surface area contributed by atoms with Crippen molar-refractivity contribution in [3.63, 3.8) is 0 Å². The first kappa shape index (κ1) is 17.5. The Balaban J connectivity index is 1.54. The molecule has 1 aliphatic heterocycles. The maximum Gasteiger partial charge on any atom is 0.188 e. The lowest BCUT2D eigenvalue weighted by molar-refractivity contribution is 0.251. The van der Waals surface area contributed by atoms with E-state index < -0.39 is 0 Å². The summed E-state index contributed by atoms with van der Waals surface area (Å²) in [7, 11) is 0. The number of nitrogens with zero attached hydrogens (tertiary/aromatic N) is 2. The van der Waals surface area contributed by atoms with Gasteiger partial charge in [0.25, 0.3) is 0 Å². The SMILES string of the molecule is NC(=NCC(c1ccccc1)N1CCCC1)NCCc1ccccc1. The molecule has 0 amide bonds. The maximum absolute atomic E-state index is 6.08. The standard InChI is InChI=1S/C21H28N4/c22-21(23-14-13-18-9-3-1-4-10-18)24-17-20(25-15-7-8-16-25)19-11-5-2-6-12-19/h1-6,9-12,20H,7-8,13-17H2,(H3,22,23,24). The van der Waals surface area contributed by atoms with Gasteiger partial charge in [0.2, 0.25) is 0 Å². The van der Waals surface area contributed by atoms with Gasteiger partial charge in [0.15, 0.2) is 5.96 Å². The van der Waals surface area contributed by atoms with E-state index >= 15 is 0 Å². The van der Waals surface area contributed by atoms with Crippen LogP contribution >= 0.6 is 0 Å². The first-order valence-corrected chi connectivity index (χ1v) is 9.19. The van der Waals surface area contributed by atoms with Crippen molar-refractivity contribution in [1.82, 2.24) is 10.2 Å². The van der Waals surface area contributed by atoms with E-state index in [9.17, 15) is 0 Å². The highest BCUT2D eigenvalue weighted by atomic mass is 15.2. The molecule has 4 nitrogen and oxygen atoms in total. The number of likely N-dealkylation sites (tertiary alicyclic amines) is 1. The van der Waals surface area contributed by atoms with Crippen LogP contribution in [0.5, 0.6) is 0 Å². The minimum Gasteiger partial charge on any atom is -0.370 e. The minimum atomic E-state index is 0.318. The Kier molecular flexibility index (Phi) is 6.46. The lowest BCUT2D eigenvalue weighted by atomic mass is 10.1. The van der Waals surface area contributed by atoms with Crippen molar-refractivity contribution in [2.75, 3.05) is 26.2 Å². The Morgan fingerprint density at radius 1 is 1.00 bits per heavy atom. The molecular weight excluding hydrogens is 308 g/mol. The summed E-state index contributed by atoms with van der Waals surface area (Å²) in [6.07, 6.45) is 3.50. The van der Waals surface area contributed by atoms with Crippen molar-refractivity contribution in [3.05, 3.63) is 71.8 Å². The van der Waals surface area contributed by atoms with Crippen LogP contribution in [-0.4, -0.2) is 37.0 Å². The molecule has 3 N–H and O–H groups in total. The van der Waals surface area contributed by atoms with Crippen molar-refractivity contribution in [2.24, 2.45) is 10.7 Å². The second-order valence-corrected chi connectivity index (χ2v) is 6.56. The van der Waals surface area contributed by atoms with Gasteiger partial charge in [-0.1, -0.05) is 60.7 Å². The molecule has 2 aromatic carbocycles. The first-order chi connectivity index (χ1) is 12.3. The number of nitrogens with one attached hydrogen (secondary N) is 1. The Morgan fingerprint density at radius 2 is 1.64 bits per heavy atom. The zero-order valence-electron chi connectivity index (χ0n) is 14.8. The summed E-state index contributed by atoms with van der Waals surface area (Å²) in [5, 5.41) is 3.24. The molecule has 2 aromatic rings. The van der Waals surface area contributed by atoms with Gasteiger partial charge in [-0.3, -0.25) is 9.89 Å². The molecule has 1 aliphatic rings. The molecule has 25 heavy (non-hydrogen) atoms. The van der Waals surface area contributed by atoms with Crippen molar-refractivity contribution in [1.29, 1.82) is 0 Å². The van der Waals surface area contributed by atoms with Gasteiger partial charge in [0.05, 0.1) is 12.6 Å². The van der Waals surface area contributed by atoms with Crippen LogP contribution in [0, 0.1) is 0 Å². The van der Waals surface area contributed by atoms with Gasteiger partial charge in [0.1, 0.15) is 0 Å². The van der Waals surface area contributed by atoms with E-state index in [0.29, 0.717) is 18.5 Å². The normalized spacial score (nSPS) is 16.7. The molecule has 1 atom stereocenters. The molecule has 3 rings (SSSR count). The minimum absolute atomic E-state index is 0.318. The van der Waals surface area contributed by atoms with E-state index in [1.165, 1.54) is 24.0 Å². The fraction of sp³-hybridized carbons (Fsp3) is 0.381. The number of aliphatic imine (C=N–C) groups is 1. The van der Waals surface area contributed by atoms with E-state index in [4.69, 9.17) is 5.73 Å². The van der Waals surface area contributed by atoms with Crippen LogP contribution in [0.2, 0.25) is 0 Å². The Labute approximate surface area is 150 Å². The molecule has 1 saturated heterocycles. The third-order valence-electron chi connectivity index (χ3n) is 4.76. The average Bonchev–Trinajstić information content (AvgIpc) is 3.18. The summed E-state index contributed by atoms with van der Waals surface area (Å²) in [6, 6.07) is 21.4. The molecule has 0 aromatic heterocycles. The zero-order chi connectivity index (χ0) is 17.3. The molecule has 0 saturated carbocycles. The summed E-state index contributed by atoms with van der Waals surface area (Å²) in [5.41, 5.74) is 8.72. The van der Waals surface area contributed by atoms with Gasteiger partial charge >= 0.3 is 0 Å². The Bertz CT molecular complexity index is 648. The number of hydrogen-bond acceptors (Lipinski definition) is 2. The molecule has 0 aliphatic carbocycles. The summed E-state index contributed by atoms with van der Waals surface area (Å²) in [5.74, 6) is 0.538. The summed E-state index contributed by atoms with van der Waals surface area (Å²) in [6.45, 7) is 3.81. The van der Waals surface area contributed by atoms with Crippen LogP contribution < -0.4 is 11.1 Å². The number of benzene rings is 2. The van der Waals surface area contributed by atoms with E-state index in [2.05, 4.69) is 69.8 Å². The Hall–Kier alpha value is -2.33. The van der Waals surface area contributed by atoms with Crippen molar-refractivity contribution in [3.8, 4) is 0 Å². The fourth-order valence-electron chi connectivity index (χ4n) is 3.38. The molecule has 0 spiro atoms. The van der Waals surface area contributed by atoms with Crippen LogP contribution in [0.15, 0.2) is 65.7 Å². The second-order valence-electron chi connectivity index (χ2n) is 6.56. The van der Waals surface area contributed by atoms with Crippen LogP contribution in [0.4, 0.5) is 0 Å². The van der Waals surface area contributed by atoms with Crippen molar-refractivity contribution >= 4 is 5.96 Å². The smallest absolute Gasteiger partial charge is 0.188 e. The van der Waals surface area contributed by atoms with Crippen LogP contribution in [-0.2, 0) is 6.42 Å². The van der Waals surface area contributed by atoms with Crippen LogP contribution in [0.1, 0.15) is 30.0 Å². The van der Waals surface area contributed by atoms with Crippen LogP contribution in [0.3, 0.4) is 0 Å². The second kappa shape index (κ2) is 9.23. The third kappa shape index (κ3) is 5.33. The molecule has 1 unspecified atom stereocenters. The molecule has 4 heteroatoms. The van der Waals surface area contributed by atoms with Gasteiger partial charge in [0, 0.05) is 6.54 Å². The maximum atomic E-state index is 6.08. The molecule has 0 bridgehead atoms. The lowest BCUT2D eigenvalue weighted by Crippen LogP contribution is -2.35. The quantitative estimate of drug-likeness (QED) is 0.604. The molecule has 132 valence electrons. The van der Waals surface area contributed by atoms with E-state index in [-0.39, 0.29) is 0 Å². The zero-order valence-corrected chi connectivity index (χ0v) is 14.8. The number of nitrogens with two attached hydrogens (primary N) is 1. The largest absolute Gasteiger partial charge is 0.370 e. The summed E-state index contributed by atoms with van der Waals surface area (Å²) < 4.78 is 0. The van der Waals surface area contributed by atoms with Crippen molar-refractivity contribution in [2.45, 2.75) is 25.3 Å². The molecule has 1 heterocycles. The van der Waals surface area contributed by atoms with Gasteiger partial charge in [-0.25, -0.2) is 0 Å². The average molecular weight is 336 g/mol. The van der Waals surface area contributed by atoms with Gasteiger partial charge in [-0.2, -0.15) is 0 Å². The van der Waals surface area contributed by atoms with Crippen LogP contribution in [0.25, 0.3) is 0 Å². The highest BCUT2D eigenvalue weighted by molar-refractivity contribution is 5.77. The number of guanidine groups is 1. The molecule has 0 radical (unpaired) electrons. The predicted octanol–water partition coefficient (Wildman–Crippen LogP) is 2.97. The summed E-state index contributed by atoms with van der Waals surface area (Å²) in [4.78, 5) is 7.14. The summed E-state index contributed by atoms with van der Waals surface area (Å²) >= 11 is 0. The highest BCUT2D eigenvalue weighted by Crippen LogP contribution is 2.25. The molecule has 1 fully saturated rings. The lowest BCUT2D eigenvalue weighted by Gasteiger charge is -2.26. The predicted molar refractivity (Wildman–Crippen MR) is 105 cm³/mol. The van der Waals surface area contributed by atoms with E-state index in [0.717, 1.165) is 26.1 Å². The number of hydrogen-bond donors (Lipinski definition) is 2. The fourth-order valence-corrected chi connectivity index (χ4v) is 3.38. The molecular formula is C21H28N4.